The second-order valence-electron chi connectivity index (χ2n) is 10.3. The summed E-state index contributed by atoms with van der Waals surface area (Å²) in [6.07, 6.45) is 21.0. The number of unbranched alkanes of at least 4 members (excludes halogenated alkanes) is 11. The number of quaternary nitrogens is 1. The van der Waals surface area contributed by atoms with Crippen molar-refractivity contribution in [3.63, 3.8) is 0 Å². The van der Waals surface area contributed by atoms with Crippen LogP contribution in [0, 0.1) is 0 Å². The molecule has 0 bridgehead atoms. The van der Waals surface area contributed by atoms with Gasteiger partial charge in [0.1, 0.15) is 18.4 Å². The summed E-state index contributed by atoms with van der Waals surface area (Å²) >= 11 is 0. The van der Waals surface area contributed by atoms with Gasteiger partial charge in [-0.1, -0.05) is 70.4 Å². The Kier molecular flexibility index (Phi) is 19.7. The van der Waals surface area contributed by atoms with E-state index in [0.717, 1.165) is 25.7 Å². The van der Waals surface area contributed by atoms with Gasteiger partial charge in [-0.15, -0.1) is 0 Å². The number of likely N-dealkylation sites (N-methyl/N-ethyl adjacent to an activating group) is 1. The maximum absolute atomic E-state index is 12.0. The zero-order valence-electron chi connectivity index (χ0n) is 22.1. The summed E-state index contributed by atoms with van der Waals surface area (Å²) in [5.41, 5.74) is 0. The van der Waals surface area contributed by atoms with Crippen LogP contribution in [0.25, 0.3) is 0 Å². The third-order valence-electron chi connectivity index (χ3n) is 6.04. The predicted octanol–water partition coefficient (Wildman–Crippen LogP) is 4.86. The first-order chi connectivity index (χ1) is 16.1. The van der Waals surface area contributed by atoms with Crippen molar-refractivity contribution in [2.24, 2.45) is 0 Å². The van der Waals surface area contributed by atoms with Crippen LogP contribution >= 0.6 is 0 Å². The molecule has 0 saturated carbocycles. The van der Waals surface area contributed by atoms with E-state index in [1.54, 1.807) is 0 Å². The Balaban J connectivity index is 3.57. The lowest BCUT2D eigenvalue weighted by Crippen LogP contribution is -2.48. The standard InChI is InChI=1S/C26H52N2O5S/c1-4-5-6-7-8-9-10-11-12-13-14-15-16-17-18-20-26(30)27-21-19-22-28(2,3)23-25(29)24-34(31,32)33/h11-12,25,29H,4-10,13-24H2,1-3H3,(H-,27,30,31,32,33)/p+1. The highest BCUT2D eigenvalue weighted by Crippen LogP contribution is 2.10. The molecule has 7 nitrogen and oxygen atoms in total. The van der Waals surface area contributed by atoms with Crippen molar-refractivity contribution in [3.8, 4) is 0 Å². The molecule has 1 atom stereocenters. The quantitative estimate of drug-likeness (QED) is 0.0797. The Morgan fingerprint density at radius 3 is 1.97 bits per heavy atom. The summed E-state index contributed by atoms with van der Waals surface area (Å²) in [4.78, 5) is 12.0. The molecule has 1 amide bonds. The van der Waals surface area contributed by atoms with E-state index in [2.05, 4.69) is 24.4 Å². The normalized spacial score (nSPS) is 13.4. The number of rotatable bonds is 23. The number of nitrogens with zero attached hydrogens (tertiary/aromatic N) is 1. The van der Waals surface area contributed by atoms with Crippen molar-refractivity contribution in [1.82, 2.24) is 5.32 Å². The van der Waals surface area contributed by atoms with Crippen LogP contribution < -0.4 is 5.32 Å². The molecule has 3 N–H and O–H groups in total. The lowest BCUT2D eigenvalue weighted by atomic mass is 10.1. The number of amides is 1. The molecular formula is C26H53N2O5S+. The molecule has 0 aliphatic heterocycles. The minimum atomic E-state index is -4.18. The van der Waals surface area contributed by atoms with Gasteiger partial charge in [-0.05, 0) is 32.1 Å². The molecule has 8 heteroatoms. The number of carbonyl (C=O) groups excluding carboxylic acids is 1. The molecular weight excluding hydrogens is 452 g/mol. The van der Waals surface area contributed by atoms with Gasteiger partial charge in [0.15, 0.2) is 0 Å². The Morgan fingerprint density at radius 1 is 0.882 bits per heavy atom. The second-order valence-corrected chi connectivity index (χ2v) is 11.8. The zero-order valence-corrected chi connectivity index (χ0v) is 23.0. The van der Waals surface area contributed by atoms with E-state index < -0.39 is 22.0 Å². The van der Waals surface area contributed by atoms with E-state index in [4.69, 9.17) is 4.55 Å². The van der Waals surface area contributed by atoms with Gasteiger partial charge in [-0.3, -0.25) is 9.35 Å². The minimum absolute atomic E-state index is 0.0781. The van der Waals surface area contributed by atoms with Gasteiger partial charge in [0, 0.05) is 19.4 Å². The van der Waals surface area contributed by atoms with Crippen molar-refractivity contribution in [1.29, 1.82) is 0 Å². The van der Waals surface area contributed by atoms with Crippen LogP contribution in [0.1, 0.15) is 103 Å². The van der Waals surface area contributed by atoms with Crippen LogP contribution in [0.4, 0.5) is 0 Å². The van der Waals surface area contributed by atoms with E-state index in [-0.39, 0.29) is 12.5 Å². The molecule has 0 spiro atoms. The smallest absolute Gasteiger partial charge is 0.267 e. The highest BCUT2D eigenvalue weighted by molar-refractivity contribution is 7.85. The first kappa shape index (κ1) is 33.0. The highest BCUT2D eigenvalue weighted by Gasteiger charge is 2.24. The molecule has 0 aromatic carbocycles. The van der Waals surface area contributed by atoms with Gasteiger partial charge in [-0.2, -0.15) is 8.42 Å². The summed E-state index contributed by atoms with van der Waals surface area (Å²) in [7, 11) is -0.399. The van der Waals surface area contributed by atoms with Crippen LogP contribution in [0.3, 0.4) is 0 Å². The number of hydrogen-bond donors (Lipinski definition) is 3. The monoisotopic (exact) mass is 505 g/mol. The lowest BCUT2D eigenvalue weighted by molar-refractivity contribution is -0.893. The average molecular weight is 506 g/mol. The summed E-state index contributed by atoms with van der Waals surface area (Å²) < 4.78 is 30.9. The van der Waals surface area contributed by atoms with Crippen LogP contribution in [0.5, 0.6) is 0 Å². The average Bonchev–Trinajstić information content (AvgIpc) is 2.72. The SMILES string of the molecule is CCCCCCCCC=CCCCCCCCC(=O)NCCC[N+](C)(C)CC(O)CS(=O)(=O)O. The number of carbonyl (C=O) groups is 1. The molecule has 202 valence electrons. The van der Waals surface area contributed by atoms with E-state index >= 15 is 0 Å². The third-order valence-corrected chi connectivity index (χ3v) is 6.84. The topological polar surface area (TPSA) is 104 Å². The molecule has 0 aromatic rings. The number of aliphatic hydroxyl groups excluding tert-OH is 1. The molecule has 0 fully saturated rings. The van der Waals surface area contributed by atoms with Crippen molar-refractivity contribution >= 4 is 16.0 Å². The van der Waals surface area contributed by atoms with Crippen molar-refractivity contribution in [2.75, 3.05) is 39.5 Å². The van der Waals surface area contributed by atoms with Gasteiger partial charge in [0.2, 0.25) is 5.91 Å². The molecule has 34 heavy (non-hydrogen) atoms. The summed E-state index contributed by atoms with van der Waals surface area (Å²) in [5.74, 6) is -0.573. The Bertz CT molecular complexity index is 635. The fourth-order valence-corrected chi connectivity index (χ4v) is 4.73. The van der Waals surface area contributed by atoms with Crippen molar-refractivity contribution in [3.05, 3.63) is 12.2 Å². The Morgan fingerprint density at radius 2 is 1.41 bits per heavy atom. The summed E-state index contributed by atoms with van der Waals surface area (Å²) in [5, 5.41) is 12.7. The van der Waals surface area contributed by atoms with Crippen LogP contribution in [0.15, 0.2) is 12.2 Å². The Labute approximate surface area is 209 Å². The predicted molar refractivity (Wildman–Crippen MR) is 141 cm³/mol. The first-order valence-electron chi connectivity index (χ1n) is 13.4. The molecule has 0 radical (unpaired) electrons. The summed E-state index contributed by atoms with van der Waals surface area (Å²) in [6.45, 7) is 3.74. The highest BCUT2D eigenvalue weighted by atomic mass is 32.2. The van der Waals surface area contributed by atoms with Gasteiger partial charge in [0.25, 0.3) is 10.1 Å². The largest absolute Gasteiger partial charge is 0.386 e. The third kappa shape index (κ3) is 24.2. The molecule has 0 aliphatic rings. The number of aliphatic hydroxyl groups is 1. The van der Waals surface area contributed by atoms with E-state index in [1.165, 1.54) is 64.2 Å². The van der Waals surface area contributed by atoms with Gasteiger partial charge in [0.05, 0.1) is 20.6 Å². The molecule has 0 saturated heterocycles. The fraction of sp³-hybridized carbons (Fsp3) is 0.885. The van der Waals surface area contributed by atoms with Crippen LogP contribution in [-0.2, 0) is 14.9 Å². The van der Waals surface area contributed by atoms with Crippen LogP contribution in [0.2, 0.25) is 0 Å². The van der Waals surface area contributed by atoms with E-state index in [1.807, 2.05) is 14.1 Å². The molecule has 1 unspecified atom stereocenters. The van der Waals surface area contributed by atoms with Gasteiger partial charge in [-0.25, -0.2) is 0 Å². The maximum Gasteiger partial charge on any atom is 0.267 e. The summed E-state index contributed by atoms with van der Waals surface area (Å²) in [6, 6.07) is 0. The lowest BCUT2D eigenvalue weighted by Gasteiger charge is -2.31. The van der Waals surface area contributed by atoms with Crippen LogP contribution in [-0.4, -0.2) is 74.1 Å². The zero-order chi connectivity index (χ0) is 25.7. The second kappa shape index (κ2) is 20.3. The molecule has 0 aliphatic carbocycles. The maximum atomic E-state index is 12.0. The number of allylic oxidation sites excluding steroid dienone is 2. The molecule has 0 heterocycles. The van der Waals surface area contributed by atoms with Crippen molar-refractivity contribution < 1.29 is 27.4 Å². The van der Waals surface area contributed by atoms with Gasteiger partial charge < -0.3 is 14.9 Å². The molecule has 0 aromatic heterocycles. The fourth-order valence-electron chi connectivity index (χ4n) is 4.14. The van der Waals surface area contributed by atoms with E-state index in [9.17, 15) is 18.3 Å². The minimum Gasteiger partial charge on any atom is -0.386 e. The first-order valence-corrected chi connectivity index (χ1v) is 15.0. The van der Waals surface area contributed by atoms with Crippen molar-refractivity contribution in [2.45, 2.75) is 109 Å². The Hall–Kier alpha value is -0.960. The number of hydrogen-bond acceptors (Lipinski definition) is 4. The van der Waals surface area contributed by atoms with Gasteiger partial charge >= 0.3 is 0 Å². The number of nitrogens with one attached hydrogen (secondary N) is 1. The van der Waals surface area contributed by atoms with E-state index in [0.29, 0.717) is 24.0 Å². The molecule has 0 rings (SSSR count).